The molecular weight excluding hydrogens is 280 g/mol. The highest BCUT2D eigenvalue weighted by atomic mass is 32.1. The van der Waals surface area contributed by atoms with Crippen molar-refractivity contribution in [3.8, 4) is 0 Å². The molecule has 0 unspecified atom stereocenters. The van der Waals surface area contributed by atoms with Crippen molar-refractivity contribution in [2.75, 3.05) is 10.6 Å². The number of aromatic nitrogens is 2. The van der Waals surface area contributed by atoms with Gasteiger partial charge in [-0.2, -0.15) is 4.98 Å². The van der Waals surface area contributed by atoms with E-state index in [1.54, 1.807) is 11.3 Å². The number of anilines is 2. The van der Waals surface area contributed by atoms with Gasteiger partial charge >= 0.3 is 0 Å². The first kappa shape index (κ1) is 12.7. The van der Waals surface area contributed by atoms with Crippen molar-refractivity contribution in [2.24, 2.45) is 0 Å². The molecular formula is C12H14N4OS2. The minimum Gasteiger partial charge on any atom is -0.393 e. The quantitative estimate of drug-likeness (QED) is 0.652. The number of aliphatic hydroxyl groups excluding tert-OH is 1. The Bertz CT molecular complexity index is 621. The molecule has 1 aliphatic rings. The highest BCUT2D eigenvalue weighted by Gasteiger charge is 2.28. The number of thiophene rings is 1. The van der Waals surface area contributed by atoms with Crippen molar-refractivity contribution in [2.45, 2.75) is 25.0 Å². The van der Waals surface area contributed by atoms with Crippen LogP contribution in [-0.4, -0.2) is 27.2 Å². The third-order valence-corrected chi connectivity index (χ3v) is 4.04. The smallest absolute Gasteiger partial charge is 0.230 e. The molecule has 19 heavy (non-hydrogen) atoms. The van der Waals surface area contributed by atoms with Gasteiger partial charge in [-0.3, -0.25) is 0 Å². The van der Waals surface area contributed by atoms with E-state index in [0.29, 0.717) is 11.0 Å². The first-order chi connectivity index (χ1) is 9.11. The Balaban J connectivity index is 1.91. The highest BCUT2D eigenvalue weighted by molar-refractivity contribution is 7.84. The van der Waals surface area contributed by atoms with Crippen LogP contribution < -0.4 is 10.6 Å². The molecule has 0 aromatic carbocycles. The van der Waals surface area contributed by atoms with E-state index in [-0.39, 0.29) is 12.1 Å². The molecule has 2 aromatic heterocycles. The lowest BCUT2D eigenvalue weighted by molar-refractivity contribution is 0.0836. The normalized spacial score (nSPS) is 22.0. The van der Waals surface area contributed by atoms with Crippen LogP contribution in [0.1, 0.15) is 12.8 Å². The molecule has 1 fully saturated rings. The van der Waals surface area contributed by atoms with Crippen LogP contribution in [0.3, 0.4) is 0 Å². The number of fused-ring (bicyclic) bond motifs is 1. The van der Waals surface area contributed by atoms with Crippen LogP contribution in [0, 0.1) is 0 Å². The van der Waals surface area contributed by atoms with Crippen LogP contribution in [0.2, 0.25) is 0 Å². The zero-order valence-corrected chi connectivity index (χ0v) is 11.8. The predicted molar refractivity (Wildman–Crippen MR) is 81.8 cm³/mol. The van der Waals surface area contributed by atoms with E-state index in [4.69, 9.17) is 0 Å². The van der Waals surface area contributed by atoms with Gasteiger partial charge < -0.3 is 15.7 Å². The molecule has 0 amide bonds. The van der Waals surface area contributed by atoms with Crippen LogP contribution >= 0.6 is 24.0 Å². The summed E-state index contributed by atoms with van der Waals surface area (Å²) in [6.45, 7) is 3.67. The van der Waals surface area contributed by atoms with Crippen molar-refractivity contribution in [3.05, 3.63) is 23.1 Å². The van der Waals surface area contributed by atoms with E-state index < -0.39 is 0 Å². The summed E-state index contributed by atoms with van der Waals surface area (Å²) < 4.78 is 1.02. The number of thiol groups is 1. The highest BCUT2D eigenvalue weighted by Crippen LogP contribution is 2.31. The lowest BCUT2D eigenvalue weighted by Crippen LogP contribution is -2.39. The lowest BCUT2D eigenvalue weighted by atomic mass is 9.89. The molecule has 0 saturated heterocycles. The lowest BCUT2D eigenvalue weighted by Gasteiger charge is -2.32. The van der Waals surface area contributed by atoms with Crippen LogP contribution in [0.5, 0.6) is 0 Å². The third-order valence-electron chi connectivity index (χ3n) is 3.01. The topological polar surface area (TPSA) is 70.1 Å². The molecule has 100 valence electrons. The molecule has 0 atom stereocenters. The van der Waals surface area contributed by atoms with Crippen molar-refractivity contribution in [3.63, 3.8) is 0 Å². The molecule has 7 heteroatoms. The Kier molecular flexibility index (Phi) is 3.34. The van der Waals surface area contributed by atoms with E-state index in [0.717, 1.165) is 28.9 Å². The van der Waals surface area contributed by atoms with Crippen molar-refractivity contribution in [1.29, 1.82) is 0 Å². The van der Waals surface area contributed by atoms with Crippen LogP contribution in [0.25, 0.3) is 10.2 Å². The second-order valence-electron chi connectivity index (χ2n) is 4.57. The third kappa shape index (κ3) is 2.68. The van der Waals surface area contributed by atoms with Gasteiger partial charge in [0.2, 0.25) is 5.95 Å². The Morgan fingerprint density at radius 3 is 2.95 bits per heavy atom. The molecule has 1 saturated carbocycles. The van der Waals surface area contributed by atoms with Gasteiger partial charge in [-0.1, -0.05) is 6.58 Å². The number of hydrogen-bond donors (Lipinski definition) is 4. The average molecular weight is 294 g/mol. The van der Waals surface area contributed by atoms with Crippen molar-refractivity contribution in [1.82, 2.24) is 9.97 Å². The Labute approximate surface area is 120 Å². The van der Waals surface area contributed by atoms with E-state index >= 15 is 0 Å². The van der Waals surface area contributed by atoms with E-state index in [2.05, 4.69) is 39.8 Å². The van der Waals surface area contributed by atoms with Gasteiger partial charge in [0.15, 0.2) is 0 Å². The molecule has 3 N–H and O–H groups in total. The molecule has 5 nitrogen and oxygen atoms in total. The summed E-state index contributed by atoms with van der Waals surface area (Å²) in [6, 6.07) is 2.23. The summed E-state index contributed by atoms with van der Waals surface area (Å²) in [5, 5.41) is 18.1. The standard InChI is InChI=1S/C12H14N4OS2/c1-6(18)13-12-15-9-2-3-19-10(9)11(16-12)14-7-4-8(17)5-7/h2-3,7-8,17-18H,1,4-5H2,(H2,13,14,15,16). The monoisotopic (exact) mass is 294 g/mol. The summed E-state index contributed by atoms with van der Waals surface area (Å²) in [4.78, 5) is 8.84. The fraction of sp³-hybridized carbons (Fsp3) is 0.333. The number of nitrogens with zero attached hydrogens (tertiary/aromatic N) is 2. The summed E-state index contributed by atoms with van der Waals surface area (Å²) >= 11 is 5.70. The summed E-state index contributed by atoms with van der Waals surface area (Å²) in [6.07, 6.45) is 1.34. The second-order valence-corrected chi connectivity index (χ2v) is 6.02. The molecule has 3 rings (SSSR count). The fourth-order valence-corrected chi connectivity index (χ4v) is 2.93. The largest absolute Gasteiger partial charge is 0.393 e. The van der Waals surface area contributed by atoms with Gasteiger partial charge in [0, 0.05) is 6.04 Å². The molecule has 0 spiro atoms. The van der Waals surface area contributed by atoms with Crippen molar-refractivity contribution >= 4 is 45.9 Å². The second kappa shape index (κ2) is 4.99. The van der Waals surface area contributed by atoms with Crippen LogP contribution in [-0.2, 0) is 0 Å². The van der Waals surface area contributed by atoms with Gasteiger partial charge in [0.25, 0.3) is 0 Å². The molecule has 0 aliphatic heterocycles. The first-order valence-electron chi connectivity index (χ1n) is 5.96. The minimum absolute atomic E-state index is 0.187. The van der Waals surface area contributed by atoms with E-state index in [1.807, 2.05) is 11.4 Å². The van der Waals surface area contributed by atoms with Crippen molar-refractivity contribution < 1.29 is 5.11 Å². The van der Waals surface area contributed by atoms with Gasteiger partial charge in [-0.15, -0.1) is 24.0 Å². The molecule has 0 radical (unpaired) electrons. The average Bonchev–Trinajstić information content (AvgIpc) is 2.74. The maximum atomic E-state index is 9.34. The SMILES string of the molecule is C=C(S)Nc1nc(NC2CC(O)C2)c2sccc2n1. The molecule has 1 aliphatic carbocycles. The van der Waals surface area contributed by atoms with Crippen LogP contribution in [0.15, 0.2) is 23.1 Å². The molecule has 0 bridgehead atoms. The predicted octanol–water partition coefficient (Wildman–Crippen LogP) is 2.44. The van der Waals surface area contributed by atoms with Gasteiger partial charge in [-0.25, -0.2) is 4.98 Å². The van der Waals surface area contributed by atoms with E-state index in [9.17, 15) is 5.11 Å². The number of hydrogen-bond acceptors (Lipinski definition) is 7. The van der Waals surface area contributed by atoms with Gasteiger partial charge in [0.1, 0.15) is 5.82 Å². The first-order valence-corrected chi connectivity index (χ1v) is 7.29. The maximum absolute atomic E-state index is 9.34. The minimum atomic E-state index is -0.187. The Morgan fingerprint density at radius 2 is 2.26 bits per heavy atom. The fourth-order valence-electron chi connectivity index (χ4n) is 2.05. The van der Waals surface area contributed by atoms with Gasteiger partial charge in [0.05, 0.1) is 21.3 Å². The molecule has 2 aromatic rings. The van der Waals surface area contributed by atoms with E-state index in [1.165, 1.54) is 0 Å². The number of rotatable bonds is 4. The maximum Gasteiger partial charge on any atom is 0.230 e. The molecule has 2 heterocycles. The zero-order valence-electron chi connectivity index (χ0n) is 10.1. The Hall–Kier alpha value is -1.31. The zero-order chi connectivity index (χ0) is 13.4. The summed E-state index contributed by atoms with van der Waals surface area (Å²) in [5.74, 6) is 1.28. The number of aliphatic hydroxyl groups is 1. The summed E-state index contributed by atoms with van der Waals surface area (Å²) in [7, 11) is 0. The summed E-state index contributed by atoms with van der Waals surface area (Å²) in [5.41, 5.74) is 0.888. The van der Waals surface area contributed by atoms with Gasteiger partial charge in [-0.05, 0) is 24.3 Å². The van der Waals surface area contributed by atoms with Crippen LogP contribution in [0.4, 0.5) is 11.8 Å². The number of nitrogens with one attached hydrogen (secondary N) is 2. The Morgan fingerprint density at radius 1 is 1.47 bits per heavy atom.